The SMILES string of the molecule is Cc1ccc(OCCCCN=C(N)N2CCCC(C)C2)cc1. The van der Waals surface area contributed by atoms with Crippen LogP contribution in [0.25, 0.3) is 0 Å². The quantitative estimate of drug-likeness (QED) is 0.499. The molecule has 1 saturated heterocycles. The predicted octanol–water partition coefficient (Wildman–Crippen LogP) is 3.20. The average molecular weight is 303 g/mol. The van der Waals surface area contributed by atoms with Crippen LogP contribution in [-0.2, 0) is 0 Å². The van der Waals surface area contributed by atoms with Crippen LogP contribution in [0.4, 0.5) is 0 Å². The monoisotopic (exact) mass is 303 g/mol. The van der Waals surface area contributed by atoms with E-state index in [1.807, 2.05) is 12.1 Å². The number of benzene rings is 1. The van der Waals surface area contributed by atoms with E-state index in [1.54, 1.807) is 0 Å². The molecule has 1 aliphatic heterocycles. The Morgan fingerprint density at radius 3 is 2.82 bits per heavy atom. The summed E-state index contributed by atoms with van der Waals surface area (Å²) in [6, 6.07) is 8.17. The first-order chi connectivity index (χ1) is 10.6. The molecule has 0 aromatic heterocycles. The number of hydrogen-bond donors (Lipinski definition) is 1. The van der Waals surface area contributed by atoms with Gasteiger partial charge in [0.2, 0.25) is 0 Å². The molecule has 0 bridgehead atoms. The van der Waals surface area contributed by atoms with Crippen LogP contribution in [0, 0.1) is 12.8 Å². The third-order valence-electron chi connectivity index (χ3n) is 4.10. The Kier molecular flexibility index (Phi) is 6.56. The minimum absolute atomic E-state index is 0.714. The third-order valence-corrected chi connectivity index (χ3v) is 4.10. The van der Waals surface area contributed by atoms with Gasteiger partial charge in [0.25, 0.3) is 0 Å². The standard InChI is InChI=1S/C18H29N3O/c1-15-7-9-17(10-8-15)22-13-4-3-11-20-18(19)21-12-5-6-16(2)14-21/h7-10,16H,3-6,11-14H2,1-2H3,(H2,19,20). The summed E-state index contributed by atoms with van der Waals surface area (Å²) in [6.45, 7) is 7.98. The van der Waals surface area contributed by atoms with E-state index in [0.717, 1.165) is 50.8 Å². The van der Waals surface area contributed by atoms with E-state index in [0.29, 0.717) is 5.96 Å². The number of nitrogens with zero attached hydrogens (tertiary/aromatic N) is 2. The number of aryl methyl sites for hydroxylation is 1. The Labute approximate surface area is 134 Å². The van der Waals surface area contributed by atoms with Crippen LogP contribution in [0.3, 0.4) is 0 Å². The van der Waals surface area contributed by atoms with E-state index >= 15 is 0 Å². The molecule has 2 N–H and O–H groups in total. The minimum atomic E-state index is 0.714. The van der Waals surface area contributed by atoms with Crippen molar-refractivity contribution < 1.29 is 4.74 Å². The summed E-state index contributed by atoms with van der Waals surface area (Å²) in [6.07, 6.45) is 4.54. The van der Waals surface area contributed by atoms with E-state index < -0.39 is 0 Å². The smallest absolute Gasteiger partial charge is 0.191 e. The van der Waals surface area contributed by atoms with Crippen LogP contribution < -0.4 is 10.5 Å². The Hall–Kier alpha value is -1.71. The van der Waals surface area contributed by atoms with Crippen molar-refractivity contribution in [3.05, 3.63) is 29.8 Å². The van der Waals surface area contributed by atoms with Gasteiger partial charge >= 0.3 is 0 Å². The maximum atomic E-state index is 6.08. The second-order valence-electron chi connectivity index (χ2n) is 6.30. The van der Waals surface area contributed by atoms with Crippen LogP contribution in [0.5, 0.6) is 5.75 Å². The topological polar surface area (TPSA) is 50.9 Å². The zero-order chi connectivity index (χ0) is 15.8. The van der Waals surface area contributed by atoms with Crippen molar-refractivity contribution in [1.29, 1.82) is 0 Å². The zero-order valence-electron chi connectivity index (χ0n) is 13.9. The Morgan fingerprint density at radius 1 is 1.32 bits per heavy atom. The molecule has 2 rings (SSSR count). The van der Waals surface area contributed by atoms with Crippen LogP contribution in [-0.4, -0.2) is 37.1 Å². The maximum absolute atomic E-state index is 6.08. The molecule has 1 aromatic carbocycles. The van der Waals surface area contributed by atoms with Crippen molar-refractivity contribution in [2.75, 3.05) is 26.2 Å². The molecule has 1 unspecified atom stereocenters. The molecule has 1 aliphatic rings. The van der Waals surface area contributed by atoms with E-state index in [1.165, 1.54) is 18.4 Å². The van der Waals surface area contributed by atoms with Crippen LogP contribution >= 0.6 is 0 Å². The van der Waals surface area contributed by atoms with E-state index in [-0.39, 0.29) is 0 Å². The highest BCUT2D eigenvalue weighted by atomic mass is 16.5. The summed E-state index contributed by atoms with van der Waals surface area (Å²) in [5, 5.41) is 0. The van der Waals surface area contributed by atoms with Gasteiger partial charge in [-0.25, -0.2) is 0 Å². The predicted molar refractivity (Wildman–Crippen MR) is 92.4 cm³/mol. The van der Waals surface area contributed by atoms with Gasteiger partial charge in [-0.05, 0) is 50.7 Å². The second-order valence-corrected chi connectivity index (χ2v) is 6.30. The van der Waals surface area contributed by atoms with Crippen LogP contribution in [0.15, 0.2) is 29.3 Å². The normalized spacial score (nSPS) is 19.3. The summed E-state index contributed by atoms with van der Waals surface area (Å²) in [4.78, 5) is 6.72. The van der Waals surface area contributed by atoms with E-state index in [4.69, 9.17) is 10.5 Å². The number of guanidine groups is 1. The van der Waals surface area contributed by atoms with Gasteiger partial charge in [0, 0.05) is 19.6 Å². The lowest BCUT2D eigenvalue weighted by molar-refractivity contribution is 0.270. The summed E-state index contributed by atoms with van der Waals surface area (Å²) in [5.74, 6) is 2.38. The summed E-state index contributed by atoms with van der Waals surface area (Å²) >= 11 is 0. The van der Waals surface area contributed by atoms with E-state index in [2.05, 4.69) is 35.9 Å². The van der Waals surface area contributed by atoms with Gasteiger partial charge in [0.15, 0.2) is 5.96 Å². The molecule has 0 aliphatic carbocycles. The molecule has 22 heavy (non-hydrogen) atoms. The molecule has 0 spiro atoms. The fourth-order valence-electron chi connectivity index (χ4n) is 2.73. The van der Waals surface area contributed by atoms with Gasteiger partial charge in [-0.1, -0.05) is 24.6 Å². The Balaban J connectivity index is 1.60. The molecule has 0 saturated carbocycles. The number of aliphatic imine (C=N–C) groups is 1. The van der Waals surface area contributed by atoms with Crippen molar-refractivity contribution >= 4 is 5.96 Å². The third kappa shape index (κ3) is 5.58. The lowest BCUT2D eigenvalue weighted by atomic mass is 10.0. The first kappa shape index (κ1) is 16.7. The number of ether oxygens (including phenoxy) is 1. The molecule has 0 radical (unpaired) electrons. The zero-order valence-corrected chi connectivity index (χ0v) is 13.9. The van der Waals surface area contributed by atoms with Crippen molar-refractivity contribution in [3.63, 3.8) is 0 Å². The lowest BCUT2D eigenvalue weighted by Crippen LogP contribution is -2.43. The lowest BCUT2D eigenvalue weighted by Gasteiger charge is -2.31. The van der Waals surface area contributed by atoms with Gasteiger partial charge in [0.1, 0.15) is 5.75 Å². The minimum Gasteiger partial charge on any atom is -0.494 e. The van der Waals surface area contributed by atoms with Gasteiger partial charge in [-0.2, -0.15) is 0 Å². The molecule has 4 nitrogen and oxygen atoms in total. The van der Waals surface area contributed by atoms with Crippen molar-refractivity contribution in [2.45, 2.75) is 39.5 Å². The highest BCUT2D eigenvalue weighted by Crippen LogP contribution is 2.15. The Bertz CT molecular complexity index is 470. The summed E-state index contributed by atoms with van der Waals surface area (Å²) < 4.78 is 5.71. The molecule has 1 fully saturated rings. The number of piperidine rings is 1. The van der Waals surface area contributed by atoms with Crippen molar-refractivity contribution in [2.24, 2.45) is 16.6 Å². The maximum Gasteiger partial charge on any atom is 0.191 e. The number of unbranched alkanes of at least 4 members (excludes halogenated alkanes) is 1. The largest absolute Gasteiger partial charge is 0.494 e. The molecule has 0 amide bonds. The molecule has 122 valence electrons. The van der Waals surface area contributed by atoms with Gasteiger partial charge in [0.05, 0.1) is 6.61 Å². The van der Waals surface area contributed by atoms with Gasteiger partial charge < -0.3 is 15.4 Å². The fraction of sp³-hybridized carbons (Fsp3) is 0.611. The van der Waals surface area contributed by atoms with E-state index in [9.17, 15) is 0 Å². The molecule has 1 aromatic rings. The fourth-order valence-corrected chi connectivity index (χ4v) is 2.73. The number of hydrogen-bond acceptors (Lipinski definition) is 2. The van der Waals surface area contributed by atoms with Crippen LogP contribution in [0.2, 0.25) is 0 Å². The molecule has 4 heteroatoms. The highest BCUT2D eigenvalue weighted by molar-refractivity contribution is 5.78. The number of nitrogens with two attached hydrogens (primary N) is 1. The van der Waals surface area contributed by atoms with Gasteiger partial charge in [-0.15, -0.1) is 0 Å². The second kappa shape index (κ2) is 8.66. The average Bonchev–Trinajstić information content (AvgIpc) is 2.52. The van der Waals surface area contributed by atoms with Gasteiger partial charge in [-0.3, -0.25) is 4.99 Å². The molecule has 1 heterocycles. The first-order valence-electron chi connectivity index (χ1n) is 8.39. The molecular formula is C18H29N3O. The first-order valence-corrected chi connectivity index (χ1v) is 8.39. The Morgan fingerprint density at radius 2 is 2.09 bits per heavy atom. The number of likely N-dealkylation sites (tertiary alicyclic amines) is 1. The van der Waals surface area contributed by atoms with Crippen molar-refractivity contribution in [3.8, 4) is 5.75 Å². The highest BCUT2D eigenvalue weighted by Gasteiger charge is 2.17. The summed E-state index contributed by atoms with van der Waals surface area (Å²) in [7, 11) is 0. The number of rotatable bonds is 6. The van der Waals surface area contributed by atoms with Crippen molar-refractivity contribution in [1.82, 2.24) is 4.90 Å². The molecule has 1 atom stereocenters. The summed E-state index contributed by atoms with van der Waals surface area (Å²) in [5.41, 5.74) is 7.33. The van der Waals surface area contributed by atoms with Crippen LogP contribution in [0.1, 0.15) is 38.2 Å². The molecular weight excluding hydrogens is 274 g/mol.